The van der Waals surface area contributed by atoms with Crippen LogP contribution in [0.3, 0.4) is 0 Å². The fraction of sp³-hybridized carbons (Fsp3) is 0.700. The number of aliphatic hydroxyl groups is 1. The Hall–Kier alpha value is -0.830. The molecule has 0 unspecified atom stereocenters. The van der Waals surface area contributed by atoms with Gasteiger partial charge in [0.05, 0.1) is 6.10 Å². The van der Waals surface area contributed by atoms with Crippen LogP contribution in [0, 0.1) is 0 Å². The molecule has 3 nitrogen and oxygen atoms in total. The first kappa shape index (κ1) is 10.3. The van der Waals surface area contributed by atoms with Crippen molar-refractivity contribution in [3.63, 3.8) is 0 Å². The number of aliphatic hydroxyl groups excluding tert-OH is 1. The first-order valence-corrected chi connectivity index (χ1v) is 4.84. The van der Waals surface area contributed by atoms with Gasteiger partial charge in [-0.05, 0) is 32.6 Å². The van der Waals surface area contributed by atoms with Gasteiger partial charge in [-0.2, -0.15) is 0 Å². The molecule has 13 heavy (non-hydrogen) atoms. The van der Waals surface area contributed by atoms with E-state index in [1.165, 1.54) is 18.4 Å². The van der Waals surface area contributed by atoms with E-state index < -0.39 is 6.10 Å². The van der Waals surface area contributed by atoms with E-state index in [2.05, 4.69) is 5.32 Å². The molecule has 0 aromatic heterocycles. The second kappa shape index (κ2) is 5.02. The Morgan fingerprint density at radius 1 is 1.62 bits per heavy atom. The van der Waals surface area contributed by atoms with E-state index in [1.807, 2.05) is 0 Å². The average molecular weight is 183 g/mol. The molecule has 2 N–H and O–H groups in total. The summed E-state index contributed by atoms with van der Waals surface area (Å²) >= 11 is 0. The van der Waals surface area contributed by atoms with Crippen LogP contribution in [0.2, 0.25) is 0 Å². The first-order valence-electron chi connectivity index (χ1n) is 4.84. The Morgan fingerprint density at radius 3 is 2.77 bits per heavy atom. The Labute approximate surface area is 78.8 Å². The Morgan fingerprint density at radius 2 is 2.23 bits per heavy atom. The summed E-state index contributed by atoms with van der Waals surface area (Å²) in [5.41, 5.74) is 1.24. The molecule has 1 aliphatic rings. The minimum atomic E-state index is -0.467. The molecule has 74 valence electrons. The van der Waals surface area contributed by atoms with Crippen molar-refractivity contribution < 1.29 is 9.90 Å². The van der Waals surface area contributed by atoms with Crippen LogP contribution in [0.4, 0.5) is 0 Å². The topological polar surface area (TPSA) is 49.3 Å². The summed E-state index contributed by atoms with van der Waals surface area (Å²) in [6, 6.07) is 0. The van der Waals surface area contributed by atoms with Crippen molar-refractivity contribution in [1.82, 2.24) is 5.32 Å². The van der Waals surface area contributed by atoms with Crippen molar-refractivity contribution >= 4 is 5.91 Å². The zero-order valence-corrected chi connectivity index (χ0v) is 8.05. The van der Waals surface area contributed by atoms with Crippen molar-refractivity contribution in [3.8, 4) is 0 Å². The van der Waals surface area contributed by atoms with Crippen molar-refractivity contribution in [3.05, 3.63) is 11.6 Å². The molecule has 0 aromatic carbocycles. The van der Waals surface area contributed by atoms with Crippen LogP contribution >= 0.6 is 0 Å². The predicted octanol–water partition coefficient (Wildman–Crippen LogP) is 0.984. The summed E-state index contributed by atoms with van der Waals surface area (Å²) in [4.78, 5) is 11.2. The molecule has 1 atom stereocenters. The highest BCUT2D eigenvalue weighted by Crippen LogP contribution is 2.23. The number of hydrogen-bond acceptors (Lipinski definition) is 2. The maximum Gasteiger partial charge on any atom is 0.244 e. The fourth-order valence-electron chi connectivity index (χ4n) is 1.46. The first-order chi connectivity index (χ1) is 6.18. The zero-order valence-electron chi connectivity index (χ0n) is 8.05. The second-order valence-electron chi connectivity index (χ2n) is 3.60. The number of carbonyl (C=O) groups is 1. The van der Waals surface area contributed by atoms with E-state index in [9.17, 15) is 4.79 Å². The monoisotopic (exact) mass is 183 g/mol. The van der Waals surface area contributed by atoms with Crippen LogP contribution in [-0.2, 0) is 4.79 Å². The number of rotatable bonds is 3. The smallest absolute Gasteiger partial charge is 0.244 e. The average Bonchev–Trinajstić information content (AvgIpc) is 2.53. The third-order valence-electron chi connectivity index (χ3n) is 2.15. The zero-order chi connectivity index (χ0) is 9.68. The Bertz CT molecular complexity index is 201. The van der Waals surface area contributed by atoms with Crippen LogP contribution in [0.15, 0.2) is 11.6 Å². The quantitative estimate of drug-likeness (QED) is 0.641. The highest BCUT2D eigenvalue weighted by atomic mass is 16.3. The van der Waals surface area contributed by atoms with Gasteiger partial charge in [0.2, 0.25) is 5.91 Å². The third-order valence-corrected chi connectivity index (χ3v) is 2.15. The lowest BCUT2D eigenvalue weighted by Crippen LogP contribution is -2.29. The van der Waals surface area contributed by atoms with Crippen molar-refractivity contribution in [2.24, 2.45) is 0 Å². The van der Waals surface area contributed by atoms with E-state index in [0.29, 0.717) is 6.54 Å². The Balaban J connectivity index is 2.27. The van der Waals surface area contributed by atoms with Crippen LogP contribution in [0.1, 0.15) is 32.6 Å². The van der Waals surface area contributed by atoms with Crippen LogP contribution in [-0.4, -0.2) is 23.7 Å². The summed E-state index contributed by atoms with van der Waals surface area (Å²) in [5, 5.41) is 11.6. The molecular weight excluding hydrogens is 166 g/mol. The molecule has 1 amide bonds. The van der Waals surface area contributed by atoms with Gasteiger partial charge >= 0.3 is 0 Å². The van der Waals surface area contributed by atoms with E-state index in [4.69, 9.17) is 5.11 Å². The molecule has 0 radical (unpaired) electrons. The molecule has 1 rings (SSSR count). The summed E-state index contributed by atoms with van der Waals surface area (Å²) in [6.45, 7) is 1.99. The molecule has 0 spiro atoms. The lowest BCUT2D eigenvalue weighted by molar-refractivity contribution is -0.116. The van der Waals surface area contributed by atoms with Gasteiger partial charge in [0.1, 0.15) is 0 Å². The largest absolute Gasteiger partial charge is 0.392 e. The molecule has 1 aliphatic carbocycles. The van der Waals surface area contributed by atoms with Crippen molar-refractivity contribution in [2.75, 3.05) is 6.54 Å². The normalized spacial score (nSPS) is 18.5. The van der Waals surface area contributed by atoms with E-state index >= 15 is 0 Å². The molecule has 0 bridgehead atoms. The molecule has 1 saturated carbocycles. The van der Waals surface area contributed by atoms with Gasteiger partial charge in [-0.1, -0.05) is 5.57 Å². The summed E-state index contributed by atoms with van der Waals surface area (Å²) in [7, 11) is 0. The summed E-state index contributed by atoms with van der Waals surface area (Å²) in [5.74, 6) is -0.0715. The van der Waals surface area contributed by atoms with Gasteiger partial charge < -0.3 is 10.4 Å². The van der Waals surface area contributed by atoms with Gasteiger partial charge in [-0.3, -0.25) is 4.79 Å². The lowest BCUT2D eigenvalue weighted by Gasteiger charge is -2.04. The number of hydrogen-bond donors (Lipinski definition) is 2. The minimum absolute atomic E-state index is 0.0715. The molecular formula is C10H17NO2. The van der Waals surface area contributed by atoms with Gasteiger partial charge in [0.25, 0.3) is 0 Å². The number of amides is 1. The van der Waals surface area contributed by atoms with Gasteiger partial charge in [-0.15, -0.1) is 0 Å². The second-order valence-corrected chi connectivity index (χ2v) is 3.60. The lowest BCUT2D eigenvalue weighted by atomic mass is 10.2. The highest BCUT2D eigenvalue weighted by Gasteiger charge is 2.08. The molecule has 0 aromatic rings. The van der Waals surface area contributed by atoms with Crippen molar-refractivity contribution in [2.45, 2.75) is 38.7 Å². The summed E-state index contributed by atoms with van der Waals surface area (Å²) < 4.78 is 0. The minimum Gasteiger partial charge on any atom is -0.392 e. The molecule has 0 heterocycles. The number of allylic oxidation sites excluding steroid dienone is 1. The van der Waals surface area contributed by atoms with Crippen LogP contribution < -0.4 is 5.32 Å². The van der Waals surface area contributed by atoms with Crippen LogP contribution in [0.5, 0.6) is 0 Å². The van der Waals surface area contributed by atoms with Gasteiger partial charge in [0, 0.05) is 12.6 Å². The maximum atomic E-state index is 11.2. The van der Waals surface area contributed by atoms with E-state index in [1.54, 1.807) is 13.0 Å². The van der Waals surface area contributed by atoms with Gasteiger partial charge in [0.15, 0.2) is 0 Å². The van der Waals surface area contributed by atoms with Crippen molar-refractivity contribution in [1.29, 1.82) is 0 Å². The van der Waals surface area contributed by atoms with Crippen LogP contribution in [0.25, 0.3) is 0 Å². The summed E-state index contributed by atoms with van der Waals surface area (Å²) in [6.07, 6.45) is 5.73. The SMILES string of the molecule is C[C@@H](O)CNC(=O)C=C1CCCC1. The molecule has 3 heteroatoms. The molecule has 0 aliphatic heterocycles. The Kier molecular flexibility index (Phi) is 3.96. The molecule has 0 saturated heterocycles. The fourth-order valence-corrected chi connectivity index (χ4v) is 1.46. The van der Waals surface area contributed by atoms with E-state index in [-0.39, 0.29) is 5.91 Å². The number of carbonyl (C=O) groups excluding carboxylic acids is 1. The van der Waals surface area contributed by atoms with Gasteiger partial charge in [-0.25, -0.2) is 0 Å². The standard InChI is InChI=1S/C10H17NO2/c1-8(12)7-11-10(13)6-9-4-2-3-5-9/h6,8,12H,2-5,7H2,1H3,(H,11,13)/t8-/m1/s1. The predicted molar refractivity (Wildman–Crippen MR) is 51.2 cm³/mol. The maximum absolute atomic E-state index is 11.2. The van der Waals surface area contributed by atoms with E-state index in [0.717, 1.165) is 12.8 Å². The highest BCUT2D eigenvalue weighted by molar-refractivity contribution is 5.88. The molecule has 1 fully saturated rings. The third kappa shape index (κ3) is 4.08. The number of nitrogens with one attached hydrogen (secondary N) is 1.